The van der Waals surface area contributed by atoms with Crippen molar-refractivity contribution in [3.05, 3.63) is 42.7 Å². The lowest BCUT2D eigenvalue weighted by Gasteiger charge is -2.23. The fourth-order valence-electron chi connectivity index (χ4n) is 2.66. The van der Waals surface area contributed by atoms with Gasteiger partial charge >= 0.3 is 11.7 Å². The molecule has 0 aliphatic carbocycles. The normalized spacial score (nSPS) is 10.7. The predicted octanol–water partition coefficient (Wildman–Crippen LogP) is 1.50. The number of carbonyl (C=O) groups excluding carboxylic acids is 2. The number of H-pyrrole nitrogens is 1. The fraction of sp³-hybridized carbons (Fsp3) is 0.444. The summed E-state index contributed by atoms with van der Waals surface area (Å²) in [6.45, 7) is 5.36. The van der Waals surface area contributed by atoms with Gasteiger partial charge in [0.25, 0.3) is 11.5 Å². The number of aromatic nitrogens is 2. The summed E-state index contributed by atoms with van der Waals surface area (Å²) in [5, 5.41) is 0. The number of hydrogen-bond acceptors (Lipinski definition) is 7. The lowest BCUT2D eigenvalue weighted by molar-refractivity contribution is -0.121. The average molecular weight is 408 g/mol. The third kappa shape index (κ3) is 4.69. The number of likely N-dealkylation sites (N-methyl/N-ethyl adjacent to an activating group) is 1. The summed E-state index contributed by atoms with van der Waals surface area (Å²) in [5.74, 6) is -1.31. The second-order valence-electron chi connectivity index (χ2n) is 6.12. The van der Waals surface area contributed by atoms with Crippen LogP contribution in [0.3, 0.4) is 0 Å². The van der Waals surface area contributed by atoms with Crippen molar-refractivity contribution in [3.8, 4) is 0 Å². The molecule has 0 bridgehead atoms. The number of unbranched alkanes of at least 4 members (excludes halogenated alkanes) is 1. The largest absolute Gasteiger partial charge is 0.451 e. The molecule has 3 N–H and O–H groups in total. The molecule has 2 aromatic rings. The minimum absolute atomic E-state index is 0.0855. The van der Waals surface area contributed by atoms with E-state index in [0.29, 0.717) is 17.8 Å². The zero-order valence-electron chi connectivity index (χ0n) is 16.1. The highest BCUT2D eigenvalue weighted by molar-refractivity contribution is 7.13. The molecule has 0 aliphatic rings. The summed E-state index contributed by atoms with van der Waals surface area (Å²) in [5.41, 5.74) is 4.53. The zero-order chi connectivity index (χ0) is 20.8. The second kappa shape index (κ2) is 9.36. The Balaban J connectivity index is 2.24. The SMILES string of the molecule is CCCCn1c(N)c(N(CC)C(=O)COC(=O)c2ccc(C)s2)c(=O)[nH]c1=O. The number of nitrogens with one attached hydrogen (secondary N) is 1. The highest BCUT2D eigenvalue weighted by Crippen LogP contribution is 2.18. The van der Waals surface area contributed by atoms with Gasteiger partial charge in [0, 0.05) is 18.0 Å². The maximum Gasteiger partial charge on any atom is 0.348 e. The number of hydrogen-bond donors (Lipinski definition) is 2. The van der Waals surface area contributed by atoms with E-state index in [1.54, 1.807) is 19.1 Å². The molecule has 9 nitrogen and oxygen atoms in total. The third-order valence-corrected chi connectivity index (χ3v) is 5.09. The van der Waals surface area contributed by atoms with Crippen LogP contribution < -0.4 is 21.9 Å². The van der Waals surface area contributed by atoms with Crippen LogP contribution in [0.25, 0.3) is 0 Å². The Morgan fingerprint density at radius 3 is 2.57 bits per heavy atom. The summed E-state index contributed by atoms with van der Waals surface area (Å²) in [4.78, 5) is 53.6. The third-order valence-electron chi connectivity index (χ3n) is 4.10. The molecule has 2 rings (SSSR count). The summed E-state index contributed by atoms with van der Waals surface area (Å²) in [6, 6.07) is 3.40. The zero-order valence-corrected chi connectivity index (χ0v) is 16.9. The van der Waals surface area contributed by atoms with Gasteiger partial charge in [0.15, 0.2) is 12.3 Å². The van der Waals surface area contributed by atoms with Crippen LogP contribution >= 0.6 is 11.3 Å². The Morgan fingerprint density at radius 2 is 2.00 bits per heavy atom. The predicted molar refractivity (Wildman–Crippen MR) is 108 cm³/mol. The first-order valence-electron chi connectivity index (χ1n) is 8.96. The lowest BCUT2D eigenvalue weighted by Crippen LogP contribution is -2.42. The molecule has 1 amide bonds. The second-order valence-corrected chi connectivity index (χ2v) is 7.41. The van der Waals surface area contributed by atoms with Gasteiger partial charge in [-0.3, -0.25) is 19.1 Å². The number of ether oxygens (including phenoxy) is 1. The number of aromatic amines is 1. The Morgan fingerprint density at radius 1 is 1.29 bits per heavy atom. The maximum absolute atomic E-state index is 12.6. The number of nitrogens with zero attached hydrogens (tertiary/aromatic N) is 2. The van der Waals surface area contributed by atoms with Crippen LogP contribution in [0.5, 0.6) is 0 Å². The first-order chi connectivity index (χ1) is 13.3. The van der Waals surface area contributed by atoms with Crippen LogP contribution in [0.15, 0.2) is 21.7 Å². The monoisotopic (exact) mass is 408 g/mol. The van der Waals surface area contributed by atoms with Crippen LogP contribution in [0.1, 0.15) is 41.2 Å². The summed E-state index contributed by atoms with van der Waals surface area (Å²) in [7, 11) is 0. The number of nitrogen functional groups attached to an aromatic ring is 1. The van der Waals surface area contributed by atoms with Crippen molar-refractivity contribution in [2.45, 2.75) is 40.2 Å². The van der Waals surface area contributed by atoms with Crippen LogP contribution in [0, 0.1) is 6.92 Å². The van der Waals surface area contributed by atoms with Gasteiger partial charge in [0.2, 0.25) is 0 Å². The lowest BCUT2D eigenvalue weighted by atomic mass is 10.3. The summed E-state index contributed by atoms with van der Waals surface area (Å²) >= 11 is 1.26. The number of esters is 1. The summed E-state index contributed by atoms with van der Waals surface area (Å²) < 4.78 is 6.30. The molecule has 0 radical (unpaired) electrons. The number of aryl methyl sites for hydroxylation is 1. The smallest absolute Gasteiger partial charge is 0.348 e. The van der Waals surface area contributed by atoms with E-state index in [1.807, 2.05) is 13.8 Å². The quantitative estimate of drug-likeness (QED) is 0.637. The van der Waals surface area contributed by atoms with E-state index in [-0.39, 0.29) is 18.1 Å². The Labute approximate surface area is 165 Å². The molecule has 28 heavy (non-hydrogen) atoms. The van der Waals surface area contributed by atoms with Gasteiger partial charge < -0.3 is 15.4 Å². The van der Waals surface area contributed by atoms with Gasteiger partial charge in [-0.25, -0.2) is 9.59 Å². The number of carbonyl (C=O) groups is 2. The minimum Gasteiger partial charge on any atom is -0.451 e. The van der Waals surface area contributed by atoms with Gasteiger partial charge in [-0.1, -0.05) is 13.3 Å². The van der Waals surface area contributed by atoms with Crippen LogP contribution in [-0.2, 0) is 16.1 Å². The Kier molecular flexibility index (Phi) is 7.16. The number of thiophene rings is 1. The molecule has 0 spiro atoms. The van der Waals surface area contributed by atoms with E-state index >= 15 is 0 Å². The van der Waals surface area contributed by atoms with Gasteiger partial charge in [-0.2, -0.15) is 0 Å². The first-order valence-corrected chi connectivity index (χ1v) is 9.78. The molecular weight excluding hydrogens is 384 g/mol. The fourth-order valence-corrected chi connectivity index (χ4v) is 3.42. The maximum atomic E-state index is 12.6. The first kappa shape index (κ1) is 21.4. The van der Waals surface area contributed by atoms with E-state index in [0.717, 1.165) is 16.2 Å². The van der Waals surface area contributed by atoms with E-state index < -0.39 is 29.7 Å². The van der Waals surface area contributed by atoms with E-state index in [2.05, 4.69) is 4.98 Å². The van der Waals surface area contributed by atoms with Crippen LogP contribution in [0.4, 0.5) is 11.5 Å². The van der Waals surface area contributed by atoms with Gasteiger partial charge in [-0.05, 0) is 32.4 Å². The number of anilines is 2. The van der Waals surface area contributed by atoms with Crippen molar-refractivity contribution in [2.75, 3.05) is 23.8 Å². The number of amides is 1. The van der Waals surface area contributed by atoms with Crippen molar-refractivity contribution < 1.29 is 14.3 Å². The molecule has 2 heterocycles. The van der Waals surface area contributed by atoms with Gasteiger partial charge in [-0.15, -0.1) is 11.3 Å². The summed E-state index contributed by atoms with van der Waals surface area (Å²) in [6.07, 6.45) is 1.52. The molecule has 0 aliphatic heterocycles. The van der Waals surface area contributed by atoms with Crippen molar-refractivity contribution in [1.29, 1.82) is 0 Å². The van der Waals surface area contributed by atoms with Gasteiger partial charge in [0.1, 0.15) is 10.7 Å². The van der Waals surface area contributed by atoms with Crippen molar-refractivity contribution in [2.24, 2.45) is 0 Å². The van der Waals surface area contributed by atoms with Crippen LogP contribution in [-0.4, -0.2) is 34.6 Å². The molecule has 2 aromatic heterocycles. The van der Waals surface area contributed by atoms with Crippen LogP contribution in [0.2, 0.25) is 0 Å². The van der Waals surface area contributed by atoms with E-state index in [1.165, 1.54) is 15.9 Å². The molecule has 0 atom stereocenters. The van der Waals surface area contributed by atoms with Crippen molar-refractivity contribution >= 4 is 34.7 Å². The molecule has 0 fully saturated rings. The number of nitrogens with two attached hydrogens (primary N) is 1. The average Bonchev–Trinajstić information content (AvgIpc) is 3.09. The molecule has 152 valence electrons. The van der Waals surface area contributed by atoms with E-state index in [9.17, 15) is 19.2 Å². The highest BCUT2D eigenvalue weighted by Gasteiger charge is 2.24. The molecule has 0 saturated heterocycles. The molecule has 0 aromatic carbocycles. The number of rotatable bonds is 8. The Bertz CT molecular complexity index is 975. The standard InChI is InChI=1S/C18H24N4O5S/c1-4-6-9-22-15(19)14(16(24)20-18(22)26)21(5-2)13(23)10-27-17(25)12-8-7-11(3)28-12/h7-8H,4-6,9-10,19H2,1-3H3,(H,20,24,26). The molecule has 10 heteroatoms. The topological polar surface area (TPSA) is 127 Å². The van der Waals surface area contributed by atoms with Gasteiger partial charge in [0.05, 0.1) is 0 Å². The Hall–Kier alpha value is -2.88. The van der Waals surface area contributed by atoms with Crippen molar-refractivity contribution in [3.63, 3.8) is 0 Å². The molecular formula is C18H24N4O5S. The van der Waals surface area contributed by atoms with Crippen molar-refractivity contribution in [1.82, 2.24) is 9.55 Å². The highest BCUT2D eigenvalue weighted by atomic mass is 32.1. The minimum atomic E-state index is -0.759. The molecule has 0 unspecified atom stereocenters. The van der Waals surface area contributed by atoms with E-state index in [4.69, 9.17) is 10.5 Å². The molecule has 0 saturated carbocycles.